The Balaban J connectivity index is 1.92. The Morgan fingerprint density at radius 1 is 1.26 bits per heavy atom. The van der Waals surface area contributed by atoms with Gasteiger partial charge in [0.1, 0.15) is 16.7 Å². The number of halogens is 1. The van der Waals surface area contributed by atoms with E-state index in [-0.39, 0.29) is 34.8 Å². The van der Waals surface area contributed by atoms with Gasteiger partial charge in [0.05, 0.1) is 5.69 Å². The number of amides is 3. The van der Waals surface area contributed by atoms with Gasteiger partial charge in [-0.3, -0.25) is 14.4 Å². The highest BCUT2D eigenvalue weighted by atomic mass is 32.1. The van der Waals surface area contributed by atoms with Gasteiger partial charge in [-0.05, 0) is 48.5 Å². The zero-order valence-corrected chi connectivity index (χ0v) is 18.1. The van der Waals surface area contributed by atoms with Gasteiger partial charge >= 0.3 is 0 Å². The molecule has 3 amide bonds. The van der Waals surface area contributed by atoms with Crippen molar-refractivity contribution in [1.82, 2.24) is 14.6 Å². The molecule has 166 valence electrons. The number of rotatable bonds is 8. The minimum absolute atomic E-state index is 0.0445. The molecule has 0 radical (unpaired) electrons. The summed E-state index contributed by atoms with van der Waals surface area (Å²) in [5.41, 5.74) is 11.6. The fraction of sp³-hybridized carbons (Fsp3) is 0.429. The summed E-state index contributed by atoms with van der Waals surface area (Å²) in [7, 11) is 0. The van der Waals surface area contributed by atoms with Crippen molar-refractivity contribution in [1.29, 1.82) is 0 Å². The molecule has 1 aromatic heterocycles. The molecule has 1 heterocycles. The van der Waals surface area contributed by atoms with Crippen LogP contribution in [0.4, 0.5) is 10.1 Å². The lowest BCUT2D eigenvalue weighted by Gasteiger charge is -2.31. The van der Waals surface area contributed by atoms with Crippen molar-refractivity contribution < 1.29 is 18.8 Å². The number of nitrogens with two attached hydrogens (primary N) is 2. The summed E-state index contributed by atoms with van der Waals surface area (Å²) in [4.78, 5) is 39.4. The van der Waals surface area contributed by atoms with Gasteiger partial charge in [-0.25, -0.2) is 4.39 Å². The van der Waals surface area contributed by atoms with E-state index in [2.05, 4.69) is 9.69 Å². The molecule has 3 rings (SSSR count). The first kappa shape index (κ1) is 22.7. The summed E-state index contributed by atoms with van der Waals surface area (Å²) < 4.78 is 17.2. The molecule has 0 aliphatic heterocycles. The van der Waals surface area contributed by atoms with Crippen molar-refractivity contribution in [2.75, 3.05) is 5.73 Å². The minimum atomic E-state index is -0.830. The van der Waals surface area contributed by atoms with Crippen molar-refractivity contribution in [2.24, 2.45) is 5.73 Å². The van der Waals surface area contributed by atoms with Crippen LogP contribution < -0.4 is 16.8 Å². The largest absolute Gasteiger partial charge is 0.395 e. The summed E-state index contributed by atoms with van der Waals surface area (Å²) in [5.74, 6) is -2.00. The summed E-state index contributed by atoms with van der Waals surface area (Å²) in [6, 6.07) is 5.04. The first-order valence-corrected chi connectivity index (χ1v) is 11.0. The summed E-state index contributed by atoms with van der Waals surface area (Å²) in [5, 5.41) is 3.04. The second kappa shape index (κ2) is 9.86. The Bertz CT molecular complexity index is 956. The number of aromatic nitrogens is 1. The van der Waals surface area contributed by atoms with E-state index < -0.39 is 23.7 Å². The molecule has 10 heteroatoms. The molecule has 0 spiro atoms. The predicted molar refractivity (Wildman–Crippen MR) is 116 cm³/mol. The van der Waals surface area contributed by atoms with Crippen LogP contribution in [0.2, 0.25) is 0 Å². The van der Waals surface area contributed by atoms with E-state index in [1.54, 1.807) is 12.1 Å². The van der Waals surface area contributed by atoms with Gasteiger partial charge in [-0.15, -0.1) is 0 Å². The van der Waals surface area contributed by atoms with Crippen LogP contribution in [-0.4, -0.2) is 39.1 Å². The van der Waals surface area contributed by atoms with Crippen LogP contribution in [0.15, 0.2) is 24.3 Å². The molecule has 2 aromatic rings. The number of carbonyl (C=O) groups excluding carboxylic acids is 3. The maximum atomic E-state index is 13.4. The van der Waals surface area contributed by atoms with E-state index in [0.717, 1.165) is 37.2 Å². The van der Waals surface area contributed by atoms with Crippen molar-refractivity contribution in [3.63, 3.8) is 0 Å². The van der Waals surface area contributed by atoms with E-state index in [4.69, 9.17) is 11.5 Å². The highest BCUT2D eigenvalue weighted by Crippen LogP contribution is 2.26. The molecule has 1 aliphatic carbocycles. The maximum absolute atomic E-state index is 13.4. The second-order valence-electron chi connectivity index (χ2n) is 7.61. The normalized spacial score (nSPS) is 14.9. The standard InChI is InChI=1S/C21H26FN5O3S/c1-2-15(20(29)25-14-5-3-4-6-14)27(11-12-7-9-13(22)10-8-12)21(30)18-16(23)17(19(24)28)26-31-18/h7-10,14-15H,2-6,11,23H2,1H3,(H2,24,28)(H,25,29). The molecule has 1 atom stereocenters. The van der Waals surface area contributed by atoms with E-state index in [0.29, 0.717) is 12.0 Å². The van der Waals surface area contributed by atoms with E-state index in [1.807, 2.05) is 6.92 Å². The number of benzene rings is 1. The number of primary amides is 1. The van der Waals surface area contributed by atoms with Gasteiger partial charge in [0.25, 0.3) is 11.8 Å². The van der Waals surface area contributed by atoms with Crippen LogP contribution >= 0.6 is 11.5 Å². The van der Waals surface area contributed by atoms with Gasteiger partial charge in [-0.2, -0.15) is 4.37 Å². The fourth-order valence-corrected chi connectivity index (χ4v) is 4.55. The lowest BCUT2D eigenvalue weighted by Crippen LogP contribution is -2.50. The zero-order valence-electron chi connectivity index (χ0n) is 17.3. The average Bonchev–Trinajstić information content (AvgIpc) is 3.38. The van der Waals surface area contributed by atoms with Crippen LogP contribution in [0.3, 0.4) is 0 Å². The monoisotopic (exact) mass is 447 g/mol. The lowest BCUT2D eigenvalue weighted by atomic mass is 10.1. The Kier molecular flexibility index (Phi) is 7.21. The first-order valence-electron chi connectivity index (χ1n) is 10.2. The molecule has 0 saturated heterocycles. The van der Waals surface area contributed by atoms with Crippen LogP contribution in [0.25, 0.3) is 0 Å². The van der Waals surface area contributed by atoms with Crippen LogP contribution in [0, 0.1) is 5.82 Å². The summed E-state index contributed by atoms with van der Waals surface area (Å²) in [6.07, 6.45) is 4.32. The molecule has 1 aromatic carbocycles. The molecule has 31 heavy (non-hydrogen) atoms. The number of nitrogens with one attached hydrogen (secondary N) is 1. The Morgan fingerprint density at radius 3 is 2.45 bits per heavy atom. The van der Waals surface area contributed by atoms with E-state index in [9.17, 15) is 18.8 Å². The molecular weight excluding hydrogens is 421 g/mol. The first-order chi connectivity index (χ1) is 14.8. The number of hydrogen-bond donors (Lipinski definition) is 3. The third kappa shape index (κ3) is 5.19. The highest BCUT2D eigenvalue weighted by Gasteiger charge is 2.33. The number of nitrogen functional groups attached to an aromatic ring is 1. The van der Waals surface area contributed by atoms with Gasteiger partial charge in [0.2, 0.25) is 5.91 Å². The van der Waals surface area contributed by atoms with Crippen molar-refractivity contribution in [3.05, 3.63) is 46.2 Å². The van der Waals surface area contributed by atoms with Crippen LogP contribution in [0.5, 0.6) is 0 Å². The Labute approximate surface area is 184 Å². The molecule has 1 aliphatic rings. The molecule has 1 unspecified atom stereocenters. The Hall–Kier alpha value is -3.01. The number of hydrogen-bond acceptors (Lipinski definition) is 6. The van der Waals surface area contributed by atoms with Gasteiger partial charge < -0.3 is 21.7 Å². The zero-order chi connectivity index (χ0) is 22.5. The van der Waals surface area contributed by atoms with Crippen LogP contribution in [-0.2, 0) is 11.3 Å². The maximum Gasteiger partial charge on any atom is 0.270 e. The third-order valence-corrected chi connectivity index (χ3v) is 6.30. The van der Waals surface area contributed by atoms with E-state index >= 15 is 0 Å². The molecule has 0 bridgehead atoms. The van der Waals surface area contributed by atoms with E-state index in [1.165, 1.54) is 17.0 Å². The number of carbonyl (C=O) groups is 3. The molecule has 5 N–H and O–H groups in total. The van der Waals surface area contributed by atoms with Gasteiger partial charge in [-0.1, -0.05) is 31.9 Å². The smallest absolute Gasteiger partial charge is 0.270 e. The average molecular weight is 448 g/mol. The van der Waals surface area contributed by atoms with Crippen LogP contribution in [0.1, 0.15) is 64.8 Å². The summed E-state index contributed by atoms with van der Waals surface area (Å²) >= 11 is 0.768. The molecule has 1 saturated carbocycles. The van der Waals surface area contributed by atoms with Crippen molar-refractivity contribution in [2.45, 2.75) is 57.7 Å². The highest BCUT2D eigenvalue weighted by molar-refractivity contribution is 7.09. The molecule has 1 fully saturated rings. The Morgan fingerprint density at radius 2 is 1.90 bits per heavy atom. The predicted octanol–water partition coefficient (Wildman–Crippen LogP) is 2.44. The summed E-state index contributed by atoms with van der Waals surface area (Å²) in [6.45, 7) is 1.88. The number of anilines is 1. The third-order valence-electron chi connectivity index (χ3n) is 5.45. The lowest BCUT2D eigenvalue weighted by molar-refractivity contribution is -0.126. The van der Waals surface area contributed by atoms with Crippen molar-refractivity contribution in [3.8, 4) is 0 Å². The second-order valence-corrected chi connectivity index (χ2v) is 8.39. The SMILES string of the molecule is CCC(C(=O)NC1CCCC1)N(Cc1ccc(F)cc1)C(=O)c1snc(C(N)=O)c1N. The van der Waals surface area contributed by atoms with Gasteiger partial charge in [0, 0.05) is 12.6 Å². The molecule has 8 nitrogen and oxygen atoms in total. The van der Waals surface area contributed by atoms with Gasteiger partial charge in [0.15, 0.2) is 5.69 Å². The topological polar surface area (TPSA) is 131 Å². The number of nitrogens with zero attached hydrogens (tertiary/aromatic N) is 2. The quantitative estimate of drug-likeness (QED) is 0.572. The van der Waals surface area contributed by atoms with Crippen molar-refractivity contribution >= 4 is 34.9 Å². The molecular formula is C21H26FN5O3S. The fourth-order valence-electron chi connectivity index (χ4n) is 3.78. The minimum Gasteiger partial charge on any atom is -0.395 e.